The molecular formula is C10H12N4O. The molecule has 1 saturated carbocycles. The minimum Gasteiger partial charge on any atom is -0.368 e. The monoisotopic (exact) mass is 204 g/mol. The first-order valence-electron chi connectivity index (χ1n) is 5.11. The molecular weight excluding hydrogens is 192 g/mol. The Balaban J connectivity index is 1.93. The molecule has 78 valence electrons. The van der Waals surface area contributed by atoms with E-state index in [9.17, 15) is 4.79 Å². The molecule has 1 amide bonds. The van der Waals surface area contributed by atoms with E-state index in [4.69, 9.17) is 5.73 Å². The van der Waals surface area contributed by atoms with Crippen LogP contribution >= 0.6 is 0 Å². The SMILES string of the molecule is NC(=O)C1C[C@@H]2C[C@@H]2N1c1cnccn1. The van der Waals surface area contributed by atoms with Crippen LogP contribution in [0.1, 0.15) is 12.8 Å². The normalized spacial score (nSPS) is 32.5. The highest BCUT2D eigenvalue weighted by atomic mass is 16.1. The van der Waals surface area contributed by atoms with Gasteiger partial charge in [0.2, 0.25) is 5.91 Å². The number of rotatable bonds is 2. The lowest BCUT2D eigenvalue weighted by Gasteiger charge is -2.25. The molecule has 1 aliphatic carbocycles. The summed E-state index contributed by atoms with van der Waals surface area (Å²) in [5, 5.41) is 0. The maximum atomic E-state index is 11.3. The molecule has 1 aromatic heterocycles. The molecule has 15 heavy (non-hydrogen) atoms. The Labute approximate surface area is 87.3 Å². The van der Waals surface area contributed by atoms with E-state index in [1.807, 2.05) is 4.90 Å². The van der Waals surface area contributed by atoms with Crippen LogP contribution in [0.4, 0.5) is 5.82 Å². The number of hydrogen-bond acceptors (Lipinski definition) is 4. The number of nitrogens with two attached hydrogens (primary N) is 1. The zero-order valence-electron chi connectivity index (χ0n) is 8.21. The summed E-state index contributed by atoms with van der Waals surface area (Å²) in [5.74, 6) is 1.14. The zero-order valence-corrected chi connectivity index (χ0v) is 8.21. The van der Waals surface area contributed by atoms with Gasteiger partial charge in [0, 0.05) is 18.4 Å². The third kappa shape index (κ3) is 1.26. The molecule has 0 aromatic carbocycles. The van der Waals surface area contributed by atoms with E-state index in [0.29, 0.717) is 12.0 Å². The van der Waals surface area contributed by atoms with Crippen LogP contribution in [0.2, 0.25) is 0 Å². The fraction of sp³-hybridized carbons (Fsp3) is 0.500. The molecule has 0 bridgehead atoms. The van der Waals surface area contributed by atoms with Gasteiger partial charge < -0.3 is 10.6 Å². The maximum Gasteiger partial charge on any atom is 0.240 e. The van der Waals surface area contributed by atoms with Crippen LogP contribution in [-0.2, 0) is 4.79 Å². The number of piperidine rings is 1. The van der Waals surface area contributed by atoms with Crippen LogP contribution in [0.5, 0.6) is 0 Å². The summed E-state index contributed by atoms with van der Waals surface area (Å²) in [6.45, 7) is 0. The third-order valence-electron chi connectivity index (χ3n) is 3.25. The molecule has 0 radical (unpaired) electrons. The third-order valence-corrected chi connectivity index (χ3v) is 3.25. The highest BCUT2D eigenvalue weighted by Gasteiger charge is 2.54. The largest absolute Gasteiger partial charge is 0.368 e. The second-order valence-electron chi connectivity index (χ2n) is 4.19. The van der Waals surface area contributed by atoms with Crippen LogP contribution in [0.3, 0.4) is 0 Å². The van der Waals surface area contributed by atoms with E-state index in [-0.39, 0.29) is 11.9 Å². The highest BCUT2D eigenvalue weighted by Crippen LogP contribution is 2.48. The minimum atomic E-state index is -0.257. The van der Waals surface area contributed by atoms with Crippen molar-refractivity contribution in [2.75, 3.05) is 4.90 Å². The molecule has 2 fully saturated rings. The summed E-state index contributed by atoms with van der Waals surface area (Å²) >= 11 is 0. The van der Waals surface area contributed by atoms with Crippen molar-refractivity contribution >= 4 is 11.7 Å². The predicted molar refractivity (Wildman–Crippen MR) is 54.0 cm³/mol. The molecule has 3 rings (SSSR count). The Morgan fingerprint density at radius 3 is 3.00 bits per heavy atom. The van der Waals surface area contributed by atoms with Crippen molar-refractivity contribution in [3.8, 4) is 0 Å². The summed E-state index contributed by atoms with van der Waals surface area (Å²) in [6.07, 6.45) is 6.99. The lowest BCUT2D eigenvalue weighted by molar-refractivity contribution is -0.119. The van der Waals surface area contributed by atoms with Gasteiger partial charge in [0.1, 0.15) is 11.9 Å². The van der Waals surface area contributed by atoms with Crippen LogP contribution in [-0.4, -0.2) is 28.0 Å². The van der Waals surface area contributed by atoms with E-state index in [0.717, 1.165) is 18.7 Å². The Morgan fingerprint density at radius 1 is 1.47 bits per heavy atom. The molecule has 0 spiro atoms. The van der Waals surface area contributed by atoms with Gasteiger partial charge in [-0.05, 0) is 18.8 Å². The lowest BCUT2D eigenvalue weighted by atomic mass is 10.1. The topological polar surface area (TPSA) is 72.1 Å². The van der Waals surface area contributed by atoms with Crippen LogP contribution in [0.15, 0.2) is 18.6 Å². The second kappa shape index (κ2) is 2.92. The van der Waals surface area contributed by atoms with Gasteiger partial charge in [-0.3, -0.25) is 9.78 Å². The van der Waals surface area contributed by atoms with Crippen molar-refractivity contribution in [3.05, 3.63) is 18.6 Å². The number of anilines is 1. The maximum absolute atomic E-state index is 11.3. The van der Waals surface area contributed by atoms with Crippen LogP contribution in [0, 0.1) is 5.92 Å². The molecule has 2 N–H and O–H groups in total. The standard InChI is InChI=1S/C10H12N4O/c11-10(15)8-4-6-3-7(6)14(8)9-5-12-1-2-13-9/h1-2,5-8H,3-4H2,(H2,11,15)/t6-,7-,8?/m0/s1. The van der Waals surface area contributed by atoms with Crippen LogP contribution < -0.4 is 10.6 Å². The molecule has 2 aliphatic rings. The molecule has 2 heterocycles. The number of aromatic nitrogens is 2. The number of carbonyl (C=O) groups excluding carboxylic acids is 1. The lowest BCUT2D eigenvalue weighted by Crippen LogP contribution is -2.43. The first-order valence-corrected chi connectivity index (χ1v) is 5.11. The van der Waals surface area contributed by atoms with E-state index < -0.39 is 0 Å². The molecule has 1 saturated heterocycles. The van der Waals surface area contributed by atoms with Gasteiger partial charge in [-0.25, -0.2) is 4.98 Å². The minimum absolute atomic E-state index is 0.189. The first-order chi connectivity index (χ1) is 7.27. The van der Waals surface area contributed by atoms with Crippen molar-refractivity contribution < 1.29 is 4.79 Å². The number of primary amides is 1. The fourth-order valence-corrected chi connectivity index (χ4v) is 2.46. The molecule has 1 unspecified atom stereocenters. The second-order valence-corrected chi connectivity index (χ2v) is 4.19. The van der Waals surface area contributed by atoms with Crippen LogP contribution in [0.25, 0.3) is 0 Å². The van der Waals surface area contributed by atoms with Crippen molar-refractivity contribution in [1.82, 2.24) is 9.97 Å². The van der Waals surface area contributed by atoms with Gasteiger partial charge in [-0.15, -0.1) is 0 Å². The fourth-order valence-electron chi connectivity index (χ4n) is 2.46. The van der Waals surface area contributed by atoms with E-state index in [1.165, 1.54) is 0 Å². The highest BCUT2D eigenvalue weighted by molar-refractivity contribution is 5.84. The Bertz CT molecular complexity index is 394. The van der Waals surface area contributed by atoms with E-state index in [2.05, 4.69) is 9.97 Å². The average Bonchev–Trinajstić information content (AvgIpc) is 2.91. The number of amides is 1. The van der Waals surface area contributed by atoms with Crippen molar-refractivity contribution in [3.63, 3.8) is 0 Å². The summed E-state index contributed by atoms with van der Waals surface area (Å²) in [5.41, 5.74) is 5.38. The quantitative estimate of drug-likeness (QED) is 0.732. The molecule has 1 aliphatic heterocycles. The zero-order chi connectivity index (χ0) is 10.4. The van der Waals surface area contributed by atoms with Crippen molar-refractivity contribution in [2.24, 2.45) is 11.7 Å². The number of nitrogens with zero attached hydrogens (tertiary/aromatic N) is 3. The molecule has 1 aromatic rings. The number of hydrogen-bond donors (Lipinski definition) is 1. The van der Waals surface area contributed by atoms with Gasteiger partial charge in [0.15, 0.2) is 0 Å². The Kier molecular flexibility index (Phi) is 1.68. The first kappa shape index (κ1) is 8.64. The predicted octanol–water partition coefficient (Wildman–Crippen LogP) is -0.0709. The molecule has 3 atom stereocenters. The number of fused-ring (bicyclic) bond motifs is 1. The van der Waals surface area contributed by atoms with Crippen molar-refractivity contribution in [2.45, 2.75) is 24.9 Å². The van der Waals surface area contributed by atoms with E-state index in [1.54, 1.807) is 18.6 Å². The molecule has 5 heteroatoms. The Morgan fingerprint density at radius 2 is 2.33 bits per heavy atom. The summed E-state index contributed by atoms with van der Waals surface area (Å²) in [7, 11) is 0. The van der Waals surface area contributed by atoms with Gasteiger partial charge >= 0.3 is 0 Å². The van der Waals surface area contributed by atoms with Crippen molar-refractivity contribution in [1.29, 1.82) is 0 Å². The average molecular weight is 204 g/mol. The Hall–Kier alpha value is -1.65. The summed E-state index contributed by atoms with van der Waals surface area (Å²) in [4.78, 5) is 21.6. The van der Waals surface area contributed by atoms with E-state index >= 15 is 0 Å². The smallest absolute Gasteiger partial charge is 0.240 e. The summed E-state index contributed by atoms with van der Waals surface area (Å²) in [6, 6.07) is 0.268. The summed E-state index contributed by atoms with van der Waals surface area (Å²) < 4.78 is 0. The number of carbonyl (C=O) groups is 1. The van der Waals surface area contributed by atoms with Gasteiger partial charge in [0.05, 0.1) is 6.20 Å². The van der Waals surface area contributed by atoms with Gasteiger partial charge in [0.25, 0.3) is 0 Å². The van der Waals surface area contributed by atoms with Gasteiger partial charge in [-0.1, -0.05) is 0 Å². The molecule has 5 nitrogen and oxygen atoms in total. The van der Waals surface area contributed by atoms with Gasteiger partial charge in [-0.2, -0.15) is 0 Å².